The third-order valence-electron chi connectivity index (χ3n) is 5.37. The Bertz CT molecular complexity index is 580. The maximum absolute atomic E-state index is 4.38. The van der Waals surface area contributed by atoms with Gasteiger partial charge in [0.05, 0.1) is 0 Å². The quantitative estimate of drug-likeness (QED) is 0.535. The zero-order valence-corrected chi connectivity index (χ0v) is 17.8. The lowest BCUT2D eigenvalue weighted by molar-refractivity contribution is 0.120. The average Bonchev–Trinajstić information content (AvgIpc) is 2.68. The summed E-state index contributed by atoms with van der Waals surface area (Å²) < 4.78 is 0. The molecular formula is C21H38N6. The van der Waals surface area contributed by atoms with Crippen molar-refractivity contribution in [3.8, 4) is 0 Å². The van der Waals surface area contributed by atoms with Crippen LogP contribution in [0.2, 0.25) is 0 Å². The molecule has 0 amide bonds. The third-order valence-corrected chi connectivity index (χ3v) is 5.37. The molecule has 1 aromatic rings. The van der Waals surface area contributed by atoms with Crippen molar-refractivity contribution in [3.63, 3.8) is 0 Å². The first-order valence-electron chi connectivity index (χ1n) is 10.2. The van der Waals surface area contributed by atoms with Gasteiger partial charge in [-0.25, -0.2) is 0 Å². The Morgan fingerprint density at radius 2 is 1.96 bits per heavy atom. The normalized spacial score (nSPS) is 17.6. The van der Waals surface area contributed by atoms with Gasteiger partial charge in [0.2, 0.25) is 0 Å². The summed E-state index contributed by atoms with van der Waals surface area (Å²) in [5.74, 6) is 0.885. The van der Waals surface area contributed by atoms with Gasteiger partial charge in [0.15, 0.2) is 5.96 Å². The number of likely N-dealkylation sites (N-methyl/N-ethyl adjacent to an activating group) is 2. The molecule has 0 bridgehead atoms. The Kier molecular flexibility index (Phi) is 8.88. The molecule has 1 atom stereocenters. The first kappa shape index (κ1) is 21.5. The number of nitrogens with zero attached hydrogens (tertiary/aromatic N) is 4. The van der Waals surface area contributed by atoms with E-state index in [0.717, 1.165) is 58.3 Å². The number of benzene rings is 1. The smallest absolute Gasteiger partial charge is 0.191 e. The van der Waals surface area contributed by atoms with Crippen LogP contribution in [0.4, 0.5) is 5.69 Å². The molecule has 0 aliphatic carbocycles. The van der Waals surface area contributed by atoms with Gasteiger partial charge in [0, 0.05) is 71.1 Å². The maximum atomic E-state index is 4.38. The van der Waals surface area contributed by atoms with Gasteiger partial charge in [0.25, 0.3) is 0 Å². The number of nitrogens with one attached hydrogen (secondary N) is 2. The highest BCUT2D eigenvalue weighted by Crippen LogP contribution is 2.14. The van der Waals surface area contributed by atoms with E-state index in [4.69, 9.17) is 0 Å². The lowest BCUT2D eigenvalue weighted by Gasteiger charge is -2.36. The molecule has 1 aliphatic rings. The minimum absolute atomic E-state index is 0.511. The van der Waals surface area contributed by atoms with Gasteiger partial charge in [-0.3, -0.25) is 9.89 Å². The van der Waals surface area contributed by atoms with Crippen molar-refractivity contribution in [1.29, 1.82) is 0 Å². The van der Waals surface area contributed by atoms with Crippen LogP contribution < -0.4 is 15.5 Å². The molecule has 1 heterocycles. The monoisotopic (exact) mass is 374 g/mol. The highest BCUT2D eigenvalue weighted by atomic mass is 15.3. The Balaban J connectivity index is 1.73. The van der Waals surface area contributed by atoms with E-state index in [1.54, 1.807) is 0 Å². The Labute approximate surface area is 165 Å². The first-order chi connectivity index (χ1) is 13.0. The molecule has 0 radical (unpaired) electrons. The molecule has 0 spiro atoms. The van der Waals surface area contributed by atoms with Crippen LogP contribution in [0.5, 0.6) is 0 Å². The molecule has 1 saturated heterocycles. The van der Waals surface area contributed by atoms with Crippen LogP contribution in [0.25, 0.3) is 0 Å². The molecule has 0 aromatic heterocycles. The van der Waals surface area contributed by atoms with Crippen molar-refractivity contribution in [1.82, 2.24) is 20.4 Å². The zero-order valence-electron chi connectivity index (χ0n) is 17.8. The van der Waals surface area contributed by atoms with Crippen molar-refractivity contribution < 1.29 is 0 Å². The lowest BCUT2D eigenvalue weighted by Crippen LogP contribution is -2.52. The van der Waals surface area contributed by atoms with Gasteiger partial charge < -0.3 is 20.4 Å². The maximum Gasteiger partial charge on any atom is 0.191 e. The van der Waals surface area contributed by atoms with E-state index < -0.39 is 0 Å². The minimum Gasteiger partial charge on any atom is -0.370 e. The van der Waals surface area contributed by atoms with E-state index in [0.29, 0.717) is 6.04 Å². The molecule has 27 heavy (non-hydrogen) atoms. The number of aliphatic imine (C=N–C) groups is 1. The van der Waals surface area contributed by atoms with E-state index in [9.17, 15) is 0 Å². The van der Waals surface area contributed by atoms with Gasteiger partial charge in [-0.15, -0.1) is 0 Å². The van der Waals surface area contributed by atoms with Crippen LogP contribution in [-0.2, 0) is 0 Å². The fraction of sp³-hybridized carbons (Fsp3) is 0.667. The van der Waals surface area contributed by atoms with Crippen LogP contribution in [0.3, 0.4) is 0 Å². The van der Waals surface area contributed by atoms with Crippen molar-refractivity contribution in [2.24, 2.45) is 4.99 Å². The number of rotatable bonds is 8. The summed E-state index contributed by atoms with van der Waals surface area (Å²) in [6.45, 7) is 15.0. The summed E-state index contributed by atoms with van der Waals surface area (Å²) in [6.07, 6.45) is 0. The van der Waals surface area contributed by atoms with Gasteiger partial charge in [-0.2, -0.15) is 0 Å². The predicted molar refractivity (Wildman–Crippen MR) is 117 cm³/mol. The molecular weight excluding hydrogens is 336 g/mol. The number of hydrogen-bond donors (Lipinski definition) is 2. The number of piperazine rings is 1. The minimum atomic E-state index is 0.511. The Hall–Kier alpha value is -1.79. The average molecular weight is 375 g/mol. The fourth-order valence-electron chi connectivity index (χ4n) is 3.46. The Morgan fingerprint density at radius 1 is 1.22 bits per heavy atom. The predicted octanol–water partition coefficient (Wildman–Crippen LogP) is 1.62. The van der Waals surface area contributed by atoms with E-state index >= 15 is 0 Å². The van der Waals surface area contributed by atoms with E-state index in [-0.39, 0.29) is 0 Å². The highest BCUT2D eigenvalue weighted by Gasteiger charge is 2.19. The largest absolute Gasteiger partial charge is 0.370 e. The molecule has 152 valence electrons. The van der Waals surface area contributed by atoms with Gasteiger partial charge in [-0.1, -0.05) is 12.1 Å². The van der Waals surface area contributed by atoms with Crippen molar-refractivity contribution >= 4 is 11.6 Å². The topological polar surface area (TPSA) is 46.1 Å². The molecule has 2 rings (SSSR count). The molecule has 1 aliphatic heterocycles. The van der Waals surface area contributed by atoms with Crippen molar-refractivity contribution in [2.45, 2.75) is 26.8 Å². The third kappa shape index (κ3) is 7.03. The second-order valence-electron chi connectivity index (χ2n) is 7.49. The molecule has 1 unspecified atom stereocenters. The van der Waals surface area contributed by atoms with Crippen LogP contribution in [0, 0.1) is 6.92 Å². The van der Waals surface area contributed by atoms with E-state index in [2.05, 4.69) is 82.4 Å². The summed E-state index contributed by atoms with van der Waals surface area (Å²) in [5.41, 5.74) is 2.58. The number of guanidine groups is 1. The second-order valence-corrected chi connectivity index (χ2v) is 7.49. The summed E-state index contributed by atoms with van der Waals surface area (Å²) in [6, 6.07) is 9.20. The summed E-state index contributed by atoms with van der Waals surface area (Å²) >= 11 is 0. The van der Waals surface area contributed by atoms with E-state index in [1.807, 2.05) is 7.05 Å². The first-order valence-corrected chi connectivity index (χ1v) is 10.2. The van der Waals surface area contributed by atoms with Gasteiger partial charge in [0.1, 0.15) is 0 Å². The molecule has 2 N–H and O–H groups in total. The zero-order chi connectivity index (χ0) is 19.6. The summed E-state index contributed by atoms with van der Waals surface area (Å²) in [4.78, 5) is 11.7. The van der Waals surface area contributed by atoms with Crippen LogP contribution >= 0.6 is 0 Å². The van der Waals surface area contributed by atoms with Crippen molar-refractivity contribution in [3.05, 3.63) is 29.8 Å². The standard InChI is InChI=1S/C21H38N6/c1-6-26(20-9-7-8-18(2)16-20)11-10-23-21(22-4)24-17-19(3)27-14-12-25(5)13-15-27/h7-9,16,19H,6,10-15,17H2,1-5H3,(H2,22,23,24). The molecule has 1 aromatic carbocycles. The van der Waals surface area contributed by atoms with E-state index in [1.165, 1.54) is 11.3 Å². The molecule has 0 saturated carbocycles. The Morgan fingerprint density at radius 3 is 2.59 bits per heavy atom. The lowest BCUT2D eigenvalue weighted by atomic mass is 10.2. The van der Waals surface area contributed by atoms with Crippen LogP contribution in [0.15, 0.2) is 29.3 Å². The molecule has 6 nitrogen and oxygen atoms in total. The summed E-state index contributed by atoms with van der Waals surface area (Å²) in [5, 5.41) is 6.94. The number of hydrogen-bond acceptors (Lipinski definition) is 4. The van der Waals surface area contributed by atoms with Crippen LogP contribution in [-0.4, -0.2) is 88.3 Å². The fourth-order valence-corrected chi connectivity index (χ4v) is 3.46. The second kappa shape index (κ2) is 11.1. The molecule has 1 fully saturated rings. The highest BCUT2D eigenvalue weighted by molar-refractivity contribution is 5.79. The van der Waals surface area contributed by atoms with Gasteiger partial charge >= 0.3 is 0 Å². The molecule has 6 heteroatoms. The number of anilines is 1. The van der Waals surface area contributed by atoms with Crippen molar-refractivity contribution in [2.75, 3.05) is 71.4 Å². The summed E-state index contributed by atoms with van der Waals surface area (Å²) in [7, 11) is 4.04. The van der Waals surface area contributed by atoms with Gasteiger partial charge in [-0.05, 0) is 45.5 Å². The van der Waals surface area contributed by atoms with Crippen LogP contribution in [0.1, 0.15) is 19.4 Å². The SMILES string of the molecule is CCN(CCNC(=NC)NCC(C)N1CCN(C)CC1)c1cccc(C)c1. The number of aryl methyl sites for hydroxylation is 1.